The summed E-state index contributed by atoms with van der Waals surface area (Å²) < 4.78 is 7.66. The number of nitrogens with one attached hydrogen (secondary N) is 2. The highest BCUT2D eigenvalue weighted by Crippen LogP contribution is 2.33. The van der Waals surface area contributed by atoms with E-state index in [1.165, 1.54) is 0 Å². The molecule has 28 heavy (non-hydrogen) atoms. The average molecular weight is 375 g/mol. The molecule has 2 heterocycles. The van der Waals surface area contributed by atoms with Crippen LogP contribution in [0.15, 0.2) is 54.9 Å². The van der Waals surface area contributed by atoms with Gasteiger partial charge in [-0.25, -0.2) is 4.98 Å². The van der Waals surface area contributed by atoms with Gasteiger partial charge in [0.1, 0.15) is 11.6 Å². The normalized spacial score (nSPS) is 11.1. The molecule has 0 spiro atoms. The molecule has 0 unspecified atom stereocenters. The van der Waals surface area contributed by atoms with Gasteiger partial charge in [0.15, 0.2) is 5.82 Å². The molecule has 7 heteroatoms. The van der Waals surface area contributed by atoms with Crippen LogP contribution in [0, 0.1) is 0 Å². The zero-order chi connectivity index (χ0) is 19.7. The standard InChI is InChI=1S/C21H21N5O2/c1-13(2)28-17-10-6-9-16-18(17)20(25-26(16)3)24-21(27)15-8-5-4-7-14(15)19-22-11-12-23-19/h4-13H,1-3H3,(H,22,23)(H,24,25,27). The summed E-state index contributed by atoms with van der Waals surface area (Å²) in [5.41, 5.74) is 2.12. The molecule has 0 aliphatic heterocycles. The van der Waals surface area contributed by atoms with Gasteiger partial charge in [0.25, 0.3) is 5.91 Å². The number of anilines is 1. The van der Waals surface area contributed by atoms with Crippen LogP contribution < -0.4 is 10.1 Å². The second-order valence-corrected chi connectivity index (χ2v) is 6.73. The predicted octanol–water partition coefficient (Wildman–Crippen LogP) is 4.00. The summed E-state index contributed by atoms with van der Waals surface area (Å²) in [6.45, 7) is 3.93. The summed E-state index contributed by atoms with van der Waals surface area (Å²) in [6, 6.07) is 13.1. The van der Waals surface area contributed by atoms with Crippen LogP contribution in [0.1, 0.15) is 24.2 Å². The number of rotatable bonds is 5. The highest BCUT2D eigenvalue weighted by atomic mass is 16.5. The quantitative estimate of drug-likeness (QED) is 0.552. The largest absolute Gasteiger partial charge is 0.490 e. The van der Waals surface area contributed by atoms with E-state index in [1.54, 1.807) is 23.1 Å². The van der Waals surface area contributed by atoms with Gasteiger partial charge >= 0.3 is 0 Å². The van der Waals surface area contributed by atoms with Crippen molar-refractivity contribution in [2.45, 2.75) is 20.0 Å². The number of carbonyl (C=O) groups is 1. The third kappa shape index (κ3) is 3.22. The molecule has 7 nitrogen and oxygen atoms in total. The molecule has 0 saturated heterocycles. The average Bonchev–Trinajstić information content (AvgIpc) is 3.31. The third-order valence-electron chi connectivity index (χ3n) is 4.36. The highest BCUT2D eigenvalue weighted by molar-refractivity contribution is 6.11. The molecule has 0 aliphatic carbocycles. The number of carbonyl (C=O) groups excluding carboxylic acids is 1. The summed E-state index contributed by atoms with van der Waals surface area (Å²) in [6.07, 6.45) is 3.39. The van der Waals surface area contributed by atoms with E-state index in [0.717, 1.165) is 16.5 Å². The van der Waals surface area contributed by atoms with Crippen LogP contribution in [-0.4, -0.2) is 31.8 Å². The van der Waals surface area contributed by atoms with Gasteiger partial charge in [-0.3, -0.25) is 9.48 Å². The van der Waals surface area contributed by atoms with E-state index in [-0.39, 0.29) is 12.0 Å². The van der Waals surface area contributed by atoms with Gasteiger partial charge in [0.05, 0.1) is 22.6 Å². The van der Waals surface area contributed by atoms with Gasteiger partial charge in [0, 0.05) is 25.0 Å². The number of imidazole rings is 1. The Morgan fingerprint density at radius 3 is 2.75 bits per heavy atom. The minimum atomic E-state index is -0.258. The number of fused-ring (bicyclic) bond motifs is 1. The van der Waals surface area contributed by atoms with Crippen molar-refractivity contribution in [3.63, 3.8) is 0 Å². The van der Waals surface area contributed by atoms with Crippen LogP contribution >= 0.6 is 0 Å². The number of hydrogen-bond acceptors (Lipinski definition) is 4. The molecule has 1 amide bonds. The molecule has 0 saturated carbocycles. The molecule has 142 valence electrons. The van der Waals surface area contributed by atoms with Crippen LogP contribution in [0.4, 0.5) is 5.82 Å². The summed E-state index contributed by atoms with van der Waals surface area (Å²) in [5.74, 6) is 1.54. The second kappa shape index (κ2) is 7.19. The van der Waals surface area contributed by atoms with E-state index in [1.807, 2.05) is 57.3 Å². The Balaban J connectivity index is 1.75. The molecule has 4 aromatic rings. The summed E-state index contributed by atoms with van der Waals surface area (Å²) in [5, 5.41) is 8.22. The monoisotopic (exact) mass is 375 g/mol. The van der Waals surface area contributed by atoms with Crippen molar-refractivity contribution in [3.05, 3.63) is 60.4 Å². The Labute approximate surface area is 162 Å². The highest BCUT2D eigenvalue weighted by Gasteiger charge is 2.19. The first-order chi connectivity index (χ1) is 13.5. The van der Waals surface area contributed by atoms with E-state index in [0.29, 0.717) is 23.0 Å². The van der Waals surface area contributed by atoms with Crippen molar-refractivity contribution in [3.8, 4) is 17.1 Å². The molecule has 0 radical (unpaired) electrons. The molecule has 2 aromatic carbocycles. The van der Waals surface area contributed by atoms with Gasteiger partial charge in [-0.2, -0.15) is 5.10 Å². The number of nitrogens with zero attached hydrogens (tertiary/aromatic N) is 3. The lowest BCUT2D eigenvalue weighted by atomic mass is 10.1. The van der Waals surface area contributed by atoms with E-state index in [9.17, 15) is 4.79 Å². The van der Waals surface area contributed by atoms with Crippen molar-refractivity contribution in [1.82, 2.24) is 19.7 Å². The van der Waals surface area contributed by atoms with Gasteiger partial charge in [-0.15, -0.1) is 0 Å². The summed E-state index contributed by atoms with van der Waals surface area (Å²) in [7, 11) is 1.84. The van der Waals surface area contributed by atoms with Crippen molar-refractivity contribution < 1.29 is 9.53 Å². The number of aromatic amines is 1. The van der Waals surface area contributed by atoms with Crippen LogP contribution in [0.3, 0.4) is 0 Å². The zero-order valence-corrected chi connectivity index (χ0v) is 15.9. The predicted molar refractivity (Wildman–Crippen MR) is 108 cm³/mol. The van der Waals surface area contributed by atoms with Crippen molar-refractivity contribution in [2.24, 2.45) is 7.05 Å². The Morgan fingerprint density at radius 2 is 2.00 bits per heavy atom. The van der Waals surface area contributed by atoms with Crippen LogP contribution in [0.5, 0.6) is 5.75 Å². The van der Waals surface area contributed by atoms with Crippen LogP contribution in [0.2, 0.25) is 0 Å². The minimum Gasteiger partial charge on any atom is -0.490 e. The lowest BCUT2D eigenvalue weighted by Crippen LogP contribution is -2.14. The fourth-order valence-corrected chi connectivity index (χ4v) is 3.20. The maximum atomic E-state index is 13.1. The fraction of sp³-hybridized carbons (Fsp3) is 0.190. The van der Waals surface area contributed by atoms with E-state index >= 15 is 0 Å². The zero-order valence-electron chi connectivity index (χ0n) is 15.9. The molecular formula is C21H21N5O2. The van der Waals surface area contributed by atoms with Gasteiger partial charge < -0.3 is 15.0 Å². The maximum absolute atomic E-state index is 13.1. The van der Waals surface area contributed by atoms with Crippen molar-refractivity contribution >= 4 is 22.6 Å². The van der Waals surface area contributed by atoms with Crippen molar-refractivity contribution in [1.29, 1.82) is 0 Å². The number of H-pyrrole nitrogens is 1. The minimum absolute atomic E-state index is 0.00837. The number of aryl methyl sites for hydroxylation is 1. The Morgan fingerprint density at radius 1 is 1.18 bits per heavy atom. The summed E-state index contributed by atoms with van der Waals surface area (Å²) in [4.78, 5) is 20.4. The molecule has 2 aromatic heterocycles. The Bertz CT molecular complexity index is 1130. The number of aromatic nitrogens is 4. The topological polar surface area (TPSA) is 84.8 Å². The molecule has 0 aliphatic rings. The van der Waals surface area contributed by atoms with E-state index < -0.39 is 0 Å². The third-order valence-corrected chi connectivity index (χ3v) is 4.36. The molecule has 0 atom stereocenters. The lowest BCUT2D eigenvalue weighted by molar-refractivity contribution is 0.102. The molecule has 4 rings (SSSR count). The number of benzene rings is 2. The fourth-order valence-electron chi connectivity index (χ4n) is 3.20. The van der Waals surface area contributed by atoms with Crippen molar-refractivity contribution in [2.75, 3.05) is 5.32 Å². The number of amides is 1. The maximum Gasteiger partial charge on any atom is 0.257 e. The summed E-state index contributed by atoms with van der Waals surface area (Å²) >= 11 is 0. The molecular weight excluding hydrogens is 354 g/mol. The number of ether oxygens (including phenoxy) is 1. The molecule has 2 N–H and O–H groups in total. The van der Waals surface area contributed by atoms with Crippen LogP contribution in [-0.2, 0) is 7.05 Å². The first-order valence-electron chi connectivity index (χ1n) is 9.07. The van der Waals surface area contributed by atoms with Gasteiger partial charge in [-0.05, 0) is 32.0 Å². The van der Waals surface area contributed by atoms with Gasteiger partial charge in [-0.1, -0.05) is 24.3 Å². The van der Waals surface area contributed by atoms with Gasteiger partial charge in [0.2, 0.25) is 0 Å². The smallest absolute Gasteiger partial charge is 0.257 e. The first kappa shape index (κ1) is 17.8. The van der Waals surface area contributed by atoms with E-state index in [2.05, 4.69) is 20.4 Å². The lowest BCUT2D eigenvalue weighted by Gasteiger charge is -2.12. The second-order valence-electron chi connectivity index (χ2n) is 6.73. The first-order valence-corrected chi connectivity index (χ1v) is 9.07. The molecule has 0 fully saturated rings. The Kier molecular flexibility index (Phi) is 4.57. The SMILES string of the molecule is CC(C)Oc1cccc2c1c(NC(=O)c1ccccc1-c1ncc[nH]1)nn2C. The van der Waals surface area contributed by atoms with E-state index in [4.69, 9.17) is 4.74 Å². The van der Waals surface area contributed by atoms with Crippen LogP contribution in [0.25, 0.3) is 22.3 Å². The number of hydrogen-bond donors (Lipinski definition) is 2. The Hall–Kier alpha value is -3.61. The molecule has 0 bridgehead atoms.